The molecule has 3 heterocycles. The van der Waals surface area contributed by atoms with Crippen LogP contribution in [0.4, 0.5) is 11.8 Å². The van der Waals surface area contributed by atoms with Crippen LogP contribution in [0.2, 0.25) is 0 Å². The first-order valence-electron chi connectivity index (χ1n) is 9.94. The SMILES string of the molecule is O=C(C1CCCCC1)N1CCC(c2cncc(Nc3ncccn3)n2)CC1. The molecule has 27 heavy (non-hydrogen) atoms. The average molecular weight is 366 g/mol. The Hall–Kier alpha value is -2.57. The van der Waals surface area contributed by atoms with E-state index in [-0.39, 0.29) is 5.92 Å². The topological polar surface area (TPSA) is 83.9 Å². The summed E-state index contributed by atoms with van der Waals surface area (Å²) >= 11 is 0. The maximum absolute atomic E-state index is 12.7. The lowest BCUT2D eigenvalue weighted by Crippen LogP contribution is -2.42. The number of hydrogen-bond acceptors (Lipinski definition) is 6. The van der Waals surface area contributed by atoms with E-state index in [1.54, 1.807) is 24.7 Å². The van der Waals surface area contributed by atoms with Crippen molar-refractivity contribution in [3.63, 3.8) is 0 Å². The fraction of sp³-hybridized carbons (Fsp3) is 0.550. The van der Waals surface area contributed by atoms with E-state index in [1.165, 1.54) is 19.3 Å². The third-order valence-corrected chi connectivity index (χ3v) is 5.64. The Balaban J connectivity index is 1.35. The molecule has 0 radical (unpaired) electrons. The summed E-state index contributed by atoms with van der Waals surface area (Å²) in [6.45, 7) is 1.64. The number of nitrogens with zero attached hydrogens (tertiary/aromatic N) is 5. The van der Waals surface area contributed by atoms with Crippen molar-refractivity contribution in [2.75, 3.05) is 18.4 Å². The molecule has 2 aliphatic rings. The van der Waals surface area contributed by atoms with Crippen molar-refractivity contribution in [1.82, 2.24) is 24.8 Å². The minimum absolute atomic E-state index is 0.258. The van der Waals surface area contributed by atoms with Gasteiger partial charge in [-0.1, -0.05) is 19.3 Å². The van der Waals surface area contributed by atoms with Crippen LogP contribution in [0, 0.1) is 5.92 Å². The van der Waals surface area contributed by atoms with Gasteiger partial charge in [0.2, 0.25) is 11.9 Å². The summed E-state index contributed by atoms with van der Waals surface area (Å²) in [7, 11) is 0. The standard InChI is InChI=1S/C20H26N6O/c27-19(16-5-2-1-3-6-16)26-11-7-15(8-12-26)17-13-21-14-18(24-17)25-20-22-9-4-10-23-20/h4,9-10,13-16H,1-3,5-8,11-12H2,(H,22,23,24,25). The van der Waals surface area contributed by atoms with Crippen LogP contribution in [0.25, 0.3) is 0 Å². The minimum Gasteiger partial charge on any atom is -0.342 e. The van der Waals surface area contributed by atoms with Gasteiger partial charge < -0.3 is 10.2 Å². The monoisotopic (exact) mass is 366 g/mol. The van der Waals surface area contributed by atoms with E-state index >= 15 is 0 Å². The van der Waals surface area contributed by atoms with Gasteiger partial charge in [-0.25, -0.2) is 15.0 Å². The molecule has 1 saturated carbocycles. The van der Waals surface area contributed by atoms with E-state index in [0.29, 0.717) is 23.6 Å². The molecule has 0 unspecified atom stereocenters. The Bertz CT molecular complexity index is 754. The van der Waals surface area contributed by atoms with Gasteiger partial charge in [-0.3, -0.25) is 9.78 Å². The maximum atomic E-state index is 12.7. The van der Waals surface area contributed by atoms with Gasteiger partial charge in [0.1, 0.15) is 0 Å². The Morgan fingerprint density at radius 3 is 2.48 bits per heavy atom. The summed E-state index contributed by atoms with van der Waals surface area (Å²) < 4.78 is 0. The molecule has 4 rings (SSSR count). The van der Waals surface area contributed by atoms with Crippen molar-refractivity contribution < 1.29 is 4.79 Å². The second-order valence-electron chi connectivity index (χ2n) is 7.46. The van der Waals surface area contributed by atoms with Crippen LogP contribution in [0.15, 0.2) is 30.9 Å². The molecule has 1 amide bonds. The fourth-order valence-corrected chi connectivity index (χ4v) is 4.12. The van der Waals surface area contributed by atoms with Gasteiger partial charge in [0.25, 0.3) is 0 Å². The number of rotatable bonds is 4. The molecule has 2 fully saturated rings. The second kappa shape index (κ2) is 8.41. The van der Waals surface area contributed by atoms with E-state index in [9.17, 15) is 4.79 Å². The van der Waals surface area contributed by atoms with Crippen molar-refractivity contribution in [2.24, 2.45) is 5.92 Å². The Kier molecular flexibility index (Phi) is 5.55. The molecule has 7 nitrogen and oxygen atoms in total. The highest BCUT2D eigenvalue weighted by Gasteiger charge is 2.30. The van der Waals surface area contributed by atoms with E-state index < -0.39 is 0 Å². The highest BCUT2D eigenvalue weighted by atomic mass is 16.2. The number of carbonyl (C=O) groups is 1. The van der Waals surface area contributed by atoms with E-state index in [1.807, 2.05) is 6.20 Å². The molecule has 1 N–H and O–H groups in total. The van der Waals surface area contributed by atoms with Crippen molar-refractivity contribution in [1.29, 1.82) is 0 Å². The number of amides is 1. The van der Waals surface area contributed by atoms with Crippen LogP contribution in [0.5, 0.6) is 0 Å². The lowest BCUT2D eigenvalue weighted by atomic mass is 9.87. The van der Waals surface area contributed by atoms with Gasteiger partial charge in [-0.15, -0.1) is 0 Å². The smallest absolute Gasteiger partial charge is 0.228 e. The Labute approximate surface area is 159 Å². The molecule has 142 valence electrons. The number of piperidine rings is 1. The number of anilines is 2. The predicted molar refractivity (Wildman–Crippen MR) is 102 cm³/mol. The molecule has 2 aromatic heterocycles. The molecular formula is C20H26N6O. The van der Waals surface area contributed by atoms with Crippen LogP contribution >= 0.6 is 0 Å². The quantitative estimate of drug-likeness (QED) is 0.894. The normalized spacial score (nSPS) is 19.0. The van der Waals surface area contributed by atoms with E-state index in [0.717, 1.165) is 44.5 Å². The first-order valence-corrected chi connectivity index (χ1v) is 9.94. The summed E-state index contributed by atoms with van der Waals surface area (Å²) in [5.74, 6) is 2.13. The van der Waals surface area contributed by atoms with Crippen LogP contribution in [-0.2, 0) is 4.79 Å². The van der Waals surface area contributed by atoms with Gasteiger partial charge in [0.15, 0.2) is 5.82 Å². The minimum atomic E-state index is 0.258. The van der Waals surface area contributed by atoms with Crippen molar-refractivity contribution in [3.05, 3.63) is 36.5 Å². The van der Waals surface area contributed by atoms with Crippen LogP contribution in [0.3, 0.4) is 0 Å². The third kappa shape index (κ3) is 4.40. The van der Waals surface area contributed by atoms with E-state index in [2.05, 4.69) is 25.2 Å². The summed E-state index contributed by atoms with van der Waals surface area (Å²) in [6, 6.07) is 1.77. The van der Waals surface area contributed by atoms with Gasteiger partial charge in [0.05, 0.1) is 11.9 Å². The summed E-state index contributed by atoms with van der Waals surface area (Å²) in [5.41, 5.74) is 0.973. The first kappa shape index (κ1) is 17.8. The molecule has 2 aromatic rings. The summed E-state index contributed by atoms with van der Waals surface area (Å²) in [5, 5.41) is 3.09. The van der Waals surface area contributed by atoms with Gasteiger partial charge in [0, 0.05) is 43.5 Å². The Morgan fingerprint density at radius 1 is 1.00 bits per heavy atom. The zero-order valence-electron chi connectivity index (χ0n) is 15.5. The highest BCUT2D eigenvalue weighted by molar-refractivity contribution is 5.79. The molecule has 0 aromatic carbocycles. The number of aromatic nitrogens is 4. The number of hydrogen-bond donors (Lipinski definition) is 1. The zero-order chi connectivity index (χ0) is 18.5. The number of likely N-dealkylation sites (tertiary alicyclic amines) is 1. The van der Waals surface area contributed by atoms with Crippen molar-refractivity contribution in [3.8, 4) is 0 Å². The molecule has 1 aliphatic carbocycles. The molecule has 0 bridgehead atoms. The maximum Gasteiger partial charge on any atom is 0.228 e. The van der Waals surface area contributed by atoms with Crippen molar-refractivity contribution >= 4 is 17.7 Å². The lowest BCUT2D eigenvalue weighted by molar-refractivity contribution is -0.137. The molecule has 0 atom stereocenters. The van der Waals surface area contributed by atoms with Gasteiger partial charge in [-0.05, 0) is 31.7 Å². The average Bonchev–Trinajstić information content (AvgIpc) is 2.75. The highest BCUT2D eigenvalue weighted by Crippen LogP contribution is 2.30. The second-order valence-corrected chi connectivity index (χ2v) is 7.46. The molecule has 7 heteroatoms. The predicted octanol–water partition coefficient (Wildman–Crippen LogP) is 3.30. The first-order chi connectivity index (χ1) is 13.3. The van der Waals surface area contributed by atoms with Crippen LogP contribution < -0.4 is 5.32 Å². The van der Waals surface area contributed by atoms with Crippen LogP contribution in [-0.4, -0.2) is 43.8 Å². The molecule has 1 saturated heterocycles. The summed E-state index contributed by atoms with van der Waals surface area (Å²) in [6.07, 6.45) is 14.6. The number of nitrogens with one attached hydrogen (secondary N) is 1. The Morgan fingerprint density at radius 2 is 1.74 bits per heavy atom. The van der Waals surface area contributed by atoms with Crippen LogP contribution in [0.1, 0.15) is 56.6 Å². The van der Waals surface area contributed by atoms with Crippen molar-refractivity contribution in [2.45, 2.75) is 50.9 Å². The summed E-state index contributed by atoms with van der Waals surface area (Å²) in [4.78, 5) is 32.1. The van der Waals surface area contributed by atoms with Gasteiger partial charge >= 0.3 is 0 Å². The molecule has 1 aliphatic heterocycles. The van der Waals surface area contributed by atoms with Gasteiger partial charge in [-0.2, -0.15) is 0 Å². The number of carbonyl (C=O) groups excluding carboxylic acids is 1. The largest absolute Gasteiger partial charge is 0.342 e. The molecular weight excluding hydrogens is 340 g/mol. The fourth-order valence-electron chi connectivity index (χ4n) is 4.12. The lowest BCUT2D eigenvalue weighted by Gasteiger charge is -2.35. The third-order valence-electron chi connectivity index (χ3n) is 5.64. The zero-order valence-corrected chi connectivity index (χ0v) is 15.5. The molecule has 0 spiro atoms. The van der Waals surface area contributed by atoms with E-state index in [4.69, 9.17) is 4.98 Å².